The Morgan fingerprint density at radius 3 is 2.00 bits per heavy atom. The molecule has 0 fully saturated rings. The number of esters is 2. The van der Waals surface area contributed by atoms with Crippen LogP contribution in [-0.2, 0) is 9.59 Å². The second-order valence-electron chi connectivity index (χ2n) is 7.43. The molecule has 4 heteroatoms. The van der Waals surface area contributed by atoms with Crippen molar-refractivity contribution < 1.29 is 19.1 Å². The van der Waals surface area contributed by atoms with Gasteiger partial charge in [-0.2, -0.15) is 0 Å². The molecule has 2 rings (SSSR count). The summed E-state index contributed by atoms with van der Waals surface area (Å²) in [5, 5.41) is 1.59. The number of benzene rings is 2. The fraction of sp³-hybridized carbons (Fsp3) is 0.500. The molecule has 0 saturated heterocycles. The molecule has 4 nitrogen and oxygen atoms in total. The van der Waals surface area contributed by atoms with Gasteiger partial charge in [0.25, 0.3) is 0 Å². The van der Waals surface area contributed by atoms with Crippen LogP contribution >= 0.6 is 0 Å². The molecule has 28 heavy (non-hydrogen) atoms. The quantitative estimate of drug-likeness (QED) is 0.269. The van der Waals surface area contributed by atoms with E-state index in [0.717, 1.165) is 60.4 Å². The van der Waals surface area contributed by atoms with E-state index < -0.39 is 0 Å². The van der Waals surface area contributed by atoms with Crippen LogP contribution in [0.1, 0.15) is 76.3 Å². The van der Waals surface area contributed by atoms with Gasteiger partial charge in [0.2, 0.25) is 0 Å². The van der Waals surface area contributed by atoms with Crippen molar-refractivity contribution in [1.82, 2.24) is 0 Å². The number of ether oxygens (including phenoxy) is 2. The van der Waals surface area contributed by atoms with Gasteiger partial charge in [0, 0.05) is 23.6 Å². The van der Waals surface area contributed by atoms with Crippen LogP contribution in [0.3, 0.4) is 0 Å². The maximum Gasteiger partial charge on any atom is 0.311 e. The fourth-order valence-corrected chi connectivity index (χ4v) is 3.21. The Morgan fingerprint density at radius 1 is 0.786 bits per heavy atom. The number of aryl methyl sites for hydroxylation is 2. The number of unbranched alkanes of at least 4 members (excludes halogenated alkanes) is 4. The molecule has 2 aromatic carbocycles. The van der Waals surface area contributed by atoms with Crippen LogP contribution in [0.25, 0.3) is 10.8 Å². The summed E-state index contributed by atoms with van der Waals surface area (Å²) in [6, 6.07) is 7.68. The van der Waals surface area contributed by atoms with E-state index in [1.54, 1.807) is 6.07 Å². The molecule has 0 aliphatic carbocycles. The summed E-state index contributed by atoms with van der Waals surface area (Å²) in [7, 11) is 0. The molecule has 0 spiro atoms. The van der Waals surface area contributed by atoms with E-state index >= 15 is 0 Å². The zero-order valence-corrected chi connectivity index (χ0v) is 17.6. The smallest absolute Gasteiger partial charge is 0.311 e. The molecule has 0 bridgehead atoms. The van der Waals surface area contributed by atoms with E-state index in [2.05, 4.69) is 13.8 Å². The Kier molecular flexibility index (Phi) is 8.49. The van der Waals surface area contributed by atoms with Crippen LogP contribution in [0, 0.1) is 13.8 Å². The maximum atomic E-state index is 12.3. The molecule has 0 N–H and O–H groups in total. The predicted molar refractivity (Wildman–Crippen MR) is 113 cm³/mol. The predicted octanol–water partition coefficient (Wildman–Crippen LogP) is 6.43. The lowest BCUT2D eigenvalue weighted by molar-refractivity contribution is -0.135. The minimum Gasteiger partial charge on any atom is -0.426 e. The molecule has 0 atom stereocenters. The zero-order chi connectivity index (χ0) is 20.5. The summed E-state index contributed by atoms with van der Waals surface area (Å²) in [6.07, 6.45) is 6.64. The second kappa shape index (κ2) is 10.8. The second-order valence-corrected chi connectivity index (χ2v) is 7.43. The summed E-state index contributed by atoms with van der Waals surface area (Å²) in [4.78, 5) is 24.5. The van der Waals surface area contributed by atoms with Gasteiger partial charge in [0.05, 0.1) is 0 Å². The molecule has 0 unspecified atom stereocenters. The Labute approximate surface area is 168 Å². The first kappa shape index (κ1) is 21.9. The molecule has 0 aromatic heterocycles. The highest BCUT2D eigenvalue weighted by atomic mass is 16.5. The summed E-state index contributed by atoms with van der Waals surface area (Å²) in [5.41, 5.74) is 1.84. The lowest BCUT2D eigenvalue weighted by Gasteiger charge is -2.15. The summed E-state index contributed by atoms with van der Waals surface area (Å²) < 4.78 is 11.4. The van der Waals surface area contributed by atoms with Crippen molar-refractivity contribution in [2.24, 2.45) is 0 Å². The third-order valence-corrected chi connectivity index (χ3v) is 4.80. The van der Waals surface area contributed by atoms with Gasteiger partial charge >= 0.3 is 11.9 Å². The third kappa shape index (κ3) is 6.08. The topological polar surface area (TPSA) is 52.6 Å². The van der Waals surface area contributed by atoms with Crippen molar-refractivity contribution in [3.63, 3.8) is 0 Å². The average molecular weight is 385 g/mol. The van der Waals surface area contributed by atoms with Gasteiger partial charge in [-0.05, 0) is 44.4 Å². The lowest BCUT2D eigenvalue weighted by atomic mass is 10.0. The Morgan fingerprint density at radius 2 is 1.39 bits per heavy atom. The Balaban J connectivity index is 2.29. The number of hydrogen-bond acceptors (Lipinski definition) is 4. The van der Waals surface area contributed by atoms with Crippen molar-refractivity contribution >= 4 is 22.7 Å². The van der Waals surface area contributed by atoms with Crippen LogP contribution in [-0.4, -0.2) is 11.9 Å². The average Bonchev–Trinajstić information content (AvgIpc) is 2.65. The lowest BCUT2D eigenvalue weighted by Crippen LogP contribution is -2.11. The molecule has 2 aromatic rings. The van der Waals surface area contributed by atoms with Crippen molar-refractivity contribution in [2.45, 2.75) is 79.1 Å². The van der Waals surface area contributed by atoms with Gasteiger partial charge in [-0.1, -0.05) is 57.2 Å². The first-order valence-corrected chi connectivity index (χ1v) is 10.4. The summed E-state index contributed by atoms with van der Waals surface area (Å²) in [5.74, 6) is 0.647. The number of rotatable bonds is 10. The van der Waals surface area contributed by atoms with Crippen LogP contribution < -0.4 is 9.47 Å². The van der Waals surface area contributed by atoms with Gasteiger partial charge < -0.3 is 9.47 Å². The molecular formula is C24H32O4. The molecule has 0 aliphatic rings. The van der Waals surface area contributed by atoms with Crippen molar-refractivity contribution in [2.75, 3.05) is 0 Å². The normalized spacial score (nSPS) is 10.9. The molecular weight excluding hydrogens is 352 g/mol. The Bertz CT molecular complexity index is 823. The SMILES string of the molecule is CCCCCC(=O)Oc1cc(C)c(OC(=O)CCCCC)c2ccc(C)cc12. The van der Waals surface area contributed by atoms with Crippen molar-refractivity contribution in [1.29, 1.82) is 0 Å². The number of hydrogen-bond donors (Lipinski definition) is 0. The monoisotopic (exact) mass is 384 g/mol. The number of carbonyl (C=O) groups excluding carboxylic acids is 2. The highest BCUT2D eigenvalue weighted by Gasteiger charge is 2.17. The van der Waals surface area contributed by atoms with Gasteiger partial charge in [-0.3, -0.25) is 9.59 Å². The molecule has 0 amide bonds. The molecule has 0 saturated carbocycles. The van der Waals surface area contributed by atoms with Gasteiger partial charge in [-0.15, -0.1) is 0 Å². The Hall–Kier alpha value is -2.36. The summed E-state index contributed by atoms with van der Waals surface area (Å²) >= 11 is 0. The molecule has 0 radical (unpaired) electrons. The van der Waals surface area contributed by atoms with Gasteiger partial charge in [0.1, 0.15) is 11.5 Å². The first-order valence-electron chi connectivity index (χ1n) is 10.4. The largest absolute Gasteiger partial charge is 0.426 e. The van der Waals surface area contributed by atoms with Crippen LogP contribution in [0.5, 0.6) is 11.5 Å². The van der Waals surface area contributed by atoms with Crippen LogP contribution in [0.2, 0.25) is 0 Å². The minimum atomic E-state index is -0.222. The van der Waals surface area contributed by atoms with Crippen molar-refractivity contribution in [3.05, 3.63) is 35.4 Å². The fourth-order valence-electron chi connectivity index (χ4n) is 3.21. The number of fused-ring (bicyclic) bond motifs is 1. The molecule has 152 valence electrons. The summed E-state index contributed by atoms with van der Waals surface area (Å²) in [6.45, 7) is 8.08. The van der Waals surface area contributed by atoms with E-state index in [-0.39, 0.29) is 11.9 Å². The van der Waals surface area contributed by atoms with E-state index in [1.807, 2.05) is 32.0 Å². The van der Waals surface area contributed by atoms with E-state index in [0.29, 0.717) is 24.3 Å². The van der Waals surface area contributed by atoms with E-state index in [4.69, 9.17) is 9.47 Å². The van der Waals surface area contributed by atoms with Crippen molar-refractivity contribution in [3.8, 4) is 11.5 Å². The molecule has 0 aliphatic heterocycles. The number of carbonyl (C=O) groups is 2. The highest BCUT2D eigenvalue weighted by molar-refractivity contribution is 5.97. The standard InChI is InChI=1S/C24H32O4/c1-5-7-9-11-22(25)27-21-16-18(4)24(28-23(26)12-10-8-6-2)19-14-13-17(3)15-20(19)21/h13-16H,5-12H2,1-4H3. The van der Waals surface area contributed by atoms with E-state index in [9.17, 15) is 9.59 Å². The maximum absolute atomic E-state index is 12.3. The molecule has 0 heterocycles. The van der Waals surface area contributed by atoms with Crippen LogP contribution in [0.4, 0.5) is 0 Å². The van der Waals surface area contributed by atoms with Crippen LogP contribution in [0.15, 0.2) is 24.3 Å². The highest BCUT2D eigenvalue weighted by Crippen LogP contribution is 2.37. The van der Waals surface area contributed by atoms with E-state index in [1.165, 1.54) is 0 Å². The minimum absolute atomic E-state index is 0.220. The van der Waals surface area contributed by atoms with Gasteiger partial charge in [0.15, 0.2) is 0 Å². The zero-order valence-electron chi connectivity index (χ0n) is 17.6. The first-order chi connectivity index (χ1) is 13.5. The third-order valence-electron chi connectivity index (χ3n) is 4.80. The van der Waals surface area contributed by atoms with Gasteiger partial charge in [-0.25, -0.2) is 0 Å².